The Labute approximate surface area is 212 Å². The number of aliphatic hydroxyl groups is 1. The molecule has 5 nitrogen and oxygen atoms in total. The van der Waals surface area contributed by atoms with Gasteiger partial charge in [-0.2, -0.15) is 0 Å². The average molecular weight is 493 g/mol. The zero-order valence-corrected chi connectivity index (χ0v) is 20.1. The first-order chi connectivity index (χ1) is 17.4. The first-order valence-electron chi connectivity index (χ1n) is 11.6. The molecule has 0 bridgehead atoms. The van der Waals surface area contributed by atoms with Gasteiger partial charge in [0.05, 0.1) is 11.6 Å². The molecule has 176 valence electrons. The second-order valence-electron chi connectivity index (χ2n) is 8.95. The van der Waals surface area contributed by atoms with E-state index in [9.17, 15) is 14.7 Å². The Kier molecular flexibility index (Phi) is 5.16. The van der Waals surface area contributed by atoms with Gasteiger partial charge in [-0.1, -0.05) is 72.3 Å². The maximum Gasteiger partial charge on any atom is 0.300 e. The van der Waals surface area contributed by atoms with Gasteiger partial charge < -0.3 is 10.1 Å². The number of rotatable bonds is 3. The van der Waals surface area contributed by atoms with Crippen LogP contribution in [0.1, 0.15) is 22.7 Å². The monoisotopic (exact) mass is 492 g/mol. The van der Waals surface area contributed by atoms with Gasteiger partial charge in [0.15, 0.2) is 0 Å². The van der Waals surface area contributed by atoms with Gasteiger partial charge in [0.25, 0.3) is 11.7 Å². The highest BCUT2D eigenvalue weighted by molar-refractivity contribution is 6.52. The van der Waals surface area contributed by atoms with Crippen LogP contribution >= 0.6 is 11.6 Å². The van der Waals surface area contributed by atoms with Gasteiger partial charge in [0.1, 0.15) is 5.76 Å². The number of nitrogens with one attached hydrogen (secondary N) is 1. The number of nitrogens with zero attached hydrogens (tertiary/aromatic N) is 1. The lowest BCUT2D eigenvalue weighted by molar-refractivity contribution is -0.132. The van der Waals surface area contributed by atoms with Crippen molar-refractivity contribution in [3.63, 3.8) is 0 Å². The predicted octanol–water partition coefficient (Wildman–Crippen LogP) is 6.91. The summed E-state index contributed by atoms with van der Waals surface area (Å²) in [6, 6.07) is 25.3. The number of aromatic nitrogens is 1. The third-order valence-corrected chi connectivity index (χ3v) is 7.22. The maximum absolute atomic E-state index is 13.5. The fourth-order valence-corrected chi connectivity index (χ4v) is 5.11. The second kappa shape index (κ2) is 8.40. The van der Waals surface area contributed by atoms with Crippen LogP contribution in [0.4, 0.5) is 5.69 Å². The van der Waals surface area contributed by atoms with Crippen molar-refractivity contribution in [2.24, 2.45) is 0 Å². The van der Waals surface area contributed by atoms with E-state index in [0.29, 0.717) is 21.8 Å². The van der Waals surface area contributed by atoms with E-state index < -0.39 is 17.7 Å². The van der Waals surface area contributed by atoms with Crippen LogP contribution in [0.3, 0.4) is 0 Å². The van der Waals surface area contributed by atoms with E-state index in [0.717, 1.165) is 27.2 Å². The van der Waals surface area contributed by atoms with E-state index in [1.54, 1.807) is 24.4 Å². The summed E-state index contributed by atoms with van der Waals surface area (Å²) in [6.45, 7) is 1.87. The quantitative estimate of drug-likeness (QED) is 0.163. The zero-order valence-electron chi connectivity index (χ0n) is 19.3. The number of hydrogen-bond acceptors (Lipinski definition) is 3. The smallest absolute Gasteiger partial charge is 0.300 e. The molecule has 5 aromatic rings. The van der Waals surface area contributed by atoms with Crippen molar-refractivity contribution in [1.29, 1.82) is 0 Å². The molecular weight excluding hydrogens is 472 g/mol. The van der Waals surface area contributed by atoms with Crippen LogP contribution in [0.5, 0.6) is 0 Å². The summed E-state index contributed by atoms with van der Waals surface area (Å²) in [5.74, 6) is -1.67. The molecule has 1 aliphatic rings. The molecule has 1 amide bonds. The van der Waals surface area contributed by atoms with E-state index >= 15 is 0 Å². The van der Waals surface area contributed by atoms with Gasteiger partial charge in [-0.15, -0.1) is 0 Å². The number of anilines is 1. The SMILES string of the molecule is Cc1ccc(N2C(=O)C(=O)/C(=C(/O)c3ccc4ccccc4c3)C2c2c[nH]c3ccccc23)cc1Cl. The fraction of sp³-hybridized carbons (Fsp3) is 0.0667. The average Bonchev–Trinajstić information content (AvgIpc) is 3.43. The van der Waals surface area contributed by atoms with Gasteiger partial charge in [-0.25, -0.2) is 0 Å². The van der Waals surface area contributed by atoms with E-state index in [1.165, 1.54) is 4.90 Å². The summed E-state index contributed by atoms with van der Waals surface area (Å²) in [4.78, 5) is 31.6. The summed E-state index contributed by atoms with van der Waals surface area (Å²) in [6.07, 6.45) is 1.79. The number of benzene rings is 4. The predicted molar refractivity (Wildman–Crippen MR) is 143 cm³/mol. The molecule has 1 aliphatic heterocycles. The molecular formula is C30H21ClN2O3. The van der Waals surface area contributed by atoms with Crippen LogP contribution in [0.25, 0.3) is 27.4 Å². The first kappa shape index (κ1) is 22.1. The summed E-state index contributed by atoms with van der Waals surface area (Å²) in [7, 11) is 0. The summed E-state index contributed by atoms with van der Waals surface area (Å²) < 4.78 is 0. The fourth-order valence-electron chi connectivity index (χ4n) is 4.94. The van der Waals surface area contributed by atoms with Crippen LogP contribution in [-0.2, 0) is 9.59 Å². The molecule has 1 saturated heterocycles. The van der Waals surface area contributed by atoms with Crippen molar-refractivity contribution < 1.29 is 14.7 Å². The highest BCUT2D eigenvalue weighted by atomic mass is 35.5. The lowest BCUT2D eigenvalue weighted by atomic mass is 9.94. The van der Waals surface area contributed by atoms with Gasteiger partial charge in [-0.3, -0.25) is 14.5 Å². The lowest BCUT2D eigenvalue weighted by Gasteiger charge is -2.25. The highest BCUT2D eigenvalue weighted by Gasteiger charge is 2.47. The number of ketones is 1. The molecule has 0 spiro atoms. The number of carbonyl (C=O) groups excluding carboxylic acids is 2. The molecule has 2 N–H and O–H groups in total. The van der Waals surface area contributed by atoms with Crippen LogP contribution in [0, 0.1) is 6.92 Å². The van der Waals surface area contributed by atoms with Crippen molar-refractivity contribution in [1.82, 2.24) is 4.98 Å². The minimum atomic E-state index is -0.841. The Morgan fingerprint density at radius 2 is 1.67 bits per heavy atom. The highest BCUT2D eigenvalue weighted by Crippen LogP contribution is 2.45. The maximum atomic E-state index is 13.5. The van der Waals surface area contributed by atoms with Crippen molar-refractivity contribution >= 4 is 56.4 Å². The molecule has 0 saturated carbocycles. The molecule has 1 unspecified atom stereocenters. The second-order valence-corrected chi connectivity index (χ2v) is 9.36. The zero-order chi connectivity index (χ0) is 25.0. The summed E-state index contributed by atoms with van der Waals surface area (Å²) >= 11 is 6.40. The number of amides is 1. The molecule has 1 aromatic heterocycles. The van der Waals surface area contributed by atoms with Crippen molar-refractivity contribution in [2.75, 3.05) is 4.90 Å². The minimum Gasteiger partial charge on any atom is -0.507 e. The summed E-state index contributed by atoms with van der Waals surface area (Å²) in [5.41, 5.74) is 3.43. The van der Waals surface area contributed by atoms with E-state index in [2.05, 4.69) is 4.98 Å². The number of carbonyl (C=O) groups is 2. The van der Waals surface area contributed by atoms with Crippen molar-refractivity contribution in [3.05, 3.63) is 118 Å². The van der Waals surface area contributed by atoms with E-state index in [4.69, 9.17) is 11.6 Å². The van der Waals surface area contributed by atoms with Crippen LogP contribution in [-0.4, -0.2) is 21.8 Å². The van der Waals surface area contributed by atoms with Crippen molar-refractivity contribution in [2.45, 2.75) is 13.0 Å². The number of H-pyrrole nitrogens is 1. The van der Waals surface area contributed by atoms with E-state index in [1.807, 2.05) is 73.7 Å². The van der Waals surface area contributed by atoms with Gasteiger partial charge in [0, 0.05) is 38.9 Å². The number of Topliss-reactive ketones (excluding diaryl/α,β-unsaturated/α-hetero) is 1. The number of para-hydroxylation sites is 1. The topological polar surface area (TPSA) is 73.4 Å². The van der Waals surface area contributed by atoms with Crippen molar-refractivity contribution in [3.8, 4) is 0 Å². The molecule has 4 aromatic carbocycles. The minimum absolute atomic E-state index is 0.0386. The van der Waals surface area contributed by atoms with Gasteiger partial charge in [0.2, 0.25) is 0 Å². The number of aromatic amines is 1. The number of aliphatic hydroxyl groups excluding tert-OH is 1. The number of aryl methyl sites for hydroxylation is 1. The number of fused-ring (bicyclic) bond motifs is 2. The summed E-state index contributed by atoms with van der Waals surface area (Å²) in [5, 5.41) is 14.8. The molecule has 0 radical (unpaired) electrons. The Bertz CT molecular complexity index is 1730. The van der Waals surface area contributed by atoms with Gasteiger partial charge >= 0.3 is 0 Å². The third kappa shape index (κ3) is 3.40. The molecule has 36 heavy (non-hydrogen) atoms. The van der Waals surface area contributed by atoms with Crippen LogP contribution in [0.15, 0.2) is 96.7 Å². The molecule has 0 aliphatic carbocycles. The largest absolute Gasteiger partial charge is 0.507 e. The van der Waals surface area contributed by atoms with Crippen LogP contribution in [0.2, 0.25) is 5.02 Å². The molecule has 1 atom stereocenters. The molecule has 6 heteroatoms. The molecule has 2 heterocycles. The Morgan fingerprint density at radius 1 is 0.917 bits per heavy atom. The van der Waals surface area contributed by atoms with Gasteiger partial charge in [-0.05, 0) is 47.5 Å². The Morgan fingerprint density at radius 3 is 2.47 bits per heavy atom. The molecule has 1 fully saturated rings. The normalized spacial score (nSPS) is 17.4. The van der Waals surface area contributed by atoms with E-state index in [-0.39, 0.29) is 11.3 Å². The molecule has 6 rings (SSSR count). The lowest BCUT2D eigenvalue weighted by Crippen LogP contribution is -2.29. The number of hydrogen-bond donors (Lipinski definition) is 2. The van der Waals surface area contributed by atoms with Crippen LogP contribution < -0.4 is 4.90 Å². The Balaban J connectivity index is 1.61. The Hall–Kier alpha value is -4.35. The standard InChI is InChI=1S/C30H21ClN2O3/c1-17-10-13-21(15-24(17)31)33-27(23-16-32-25-9-5-4-8-22(23)25)26(29(35)30(33)36)28(34)20-12-11-18-6-2-3-7-19(18)14-20/h2-16,27,32,34H,1H3/b28-26+. The first-order valence-corrected chi connectivity index (χ1v) is 11.9. The third-order valence-electron chi connectivity index (χ3n) is 6.82. The number of halogens is 1.